The molecule has 12 fully saturated rings. The zero-order chi connectivity index (χ0) is 62.3. The van der Waals surface area contributed by atoms with Crippen LogP contribution < -0.4 is 0 Å². The second-order valence-corrected chi connectivity index (χ2v) is 34.7. The Kier molecular flexibility index (Phi) is 17.8. The van der Waals surface area contributed by atoms with E-state index in [4.69, 9.17) is 23.7 Å². The number of aliphatic carboxylic acids is 1. The van der Waals surface area contributed by atoms with E-state index >= 15 is 0 Å². The van der Waals surface area contributed by atoms with Crippen LogP contribution in [0.3, 0.4) is 0 Å². The second-order valence-electron chi connectivity index (χ2n) is 34.1. The predicted octanol–water partition coefficient (Wildman–Crippen LogP) is 14.3. The van der Waals surface area contributed by atoms with Crippen LogP contribution in [-0.2, 0) is 33.3 Å². The summed E-state index contributed by atoms with van der Waals surface area (Å²) in [5, 5.41) is 54.3. The van der Waals surface area contributed by atoms with Gasteiger partial charge in [0, 0.05) is 16.2 Å². The highest BCUT2D eigenvalue weighted by molar-refractivity contribution is 9.09. The highest BCUT2D eigenvalue weighted by Crippen LogP contribution is 2.80. The molecular formula is C72H117BrO12. The Balaban J connectivity index is 0.000000167. The molecule has 0 aromatic rings. The third-order valence-electron chi connectivity index (χ3n) is 29.9. The molecule has 10 aliphatic carbocycles. The lowest BCUT2D eigenvalue weighted by atomic mass is 9.32. The smallest absolute Gasteiger partial charge is 0.312 e. The SMILES string of the molecule is C=C(C)[C@@H]1CC[C@]2(C(=O)O)CC[C@]3(C)C(CCC4[C@@]5(C)CC[C@H](O)[C@@](C)(CO)C5CC[C@]43C)C12.C=C(C)[C@@H]1CC[C@]2(C(=O)OCC3COC(C)(C)O3)CC[C@]3(C)C(CCC4[C@@]5(C)CC[C@H](O)[C@@](C)(CO)C5CC[C@]43C)C12.CC1(C)OCC(CBr)O1. The van der Waals surface area contributed by atoms with Crippen molar-refractivity contribution in [3.05, 3.63) is 24.3 Å². The van der Waals surface area contributed by atoms with E-state index in [0.717, 1.165) is 134 Å². The van der Waals surface area contributed by atoms with Crippen molar-refractivity contribution in [1.82, 2.24) is 0 Å². The minimum atomic E-state index is -0.627. The summed E-state index contributed by atoms with van der Waals surface area (Å²) in [6, 6.07) is 0. The summed E-state index contributed by atoms with van der Waals surface area (Å²) in [5.41, 5.74) is 1.30. The number of hydrogen-bond donors (Lipinski definition) is 5. The fraction of sp³-hybridized carbons (Fsp3) is 0.917. The van der Waals surface area contributed by atoms with Crippen molar-refractivity contribution >= 4 is 27.9 Å². The van der Waals surface area contributed by atoms with Gasteiger partial charge in [0.25, 0.3) is 0 Å². The van der Waals surface area contributed by atoms with Crippen molar-refractivity contribution in [3.63, 3.8) is 0 Å². The number of rotatable bonds is 9. The van der Waals surface area contributed by atoms with Crippen molar-refractivity contribution in [1.29, 1.82) is 0 Å². The quantitative estimate of drug-likeness (QED) is 0.0839. The molecule has 0 spiro atoms. The number of halogens is 1. The van der Waals surface area contributed by atoms with Crippen LogP contribution in [0.15, 0.2) is 24.3 Å². The van der Waals surface area contributed by atoms with E-state index < -0.39 is 45.6 Å². The first-order valence-electron chi connectivity index (χ1n) is 34.0. The van der Waals surface area contributed by atoms with E-state index in [1.807, 2.05) is 27.7 Å². The van der Waals surface area contributed by atoms with Gasteiger partial charge in [-0.15, -0.1) is 0 Å². The number of carbonyl (C=O) groups excluding carboxylic acids is 1. The molecule has 13 heteroatoms. The van der Waals surface area contributed by atoms with E-state index in [-0.39, 0.29) is 88.1 Å². The van der Waals surface area contributed by atoms with E-state index in [0.29, 0.717) is 60.6 Å². The number of aliphatic hydroxyl groups is 4. The summed E-state index contributed by atoms with van der Waals surface area (Å²) < 4.78 is 28.6. The van der Waals surface area contributed by atoms with Gasteiger partial charge in [-0.2, -0.15) is 0 Å². The van der Waals surface area contributed by atoms with Crippen LogP contribution in [0.4, 0.5) is 0 Å². The van der Waals surface area contributed by atoms with Gasteiger partial charge in [0.1, 0.15) is 12.7 Å². The van der Waals surface area contributed by atoms with E-state index in [9.17, 15) is 35.1 Å². The van der Waals surface area contributed by atoms with Crippen LogP contribution in [0, 0.1) is 113 Å². The van der Waals surface area contributed by atoms with Crippen molar-refractivity contribution in [2.75, 3.05) is 38.4 Å². The third-order valence-corrected chi connectivity index (χ3v) is 30.6. The maximum Gasteiger partial charge on any atom is 0.312 e. The molecule has 0 aromatic heterocycles. The molecule has 10 unspecified atom stereocenters. The number of hydrogen-bond acceptors (Lipinski definition) is 11. The average molecular weight is 1250 g/mol. The van der Waals surface area contributed by atoms with Crippen LogP contribution in [0.1, 0.15) is 225 Å². The van der Waals surface area contributed by atoms with Gasteiger partial charge in [0.15, 0.2) is 11.6 Å². The Hall–Kier alpha value is -1.42. The lowest BCUT2D eigenvalue weighted by Crippen LogP contribution is -2.67. The molecule has 0 amide bonds. The molecule has 12 nitrogen and oxygen atoms in total. The van der Waals surface area contributed by atoms with Gasteiger partial charge in [-0.25, -0.2) is 0 Å². The number of esters is 1. The summed E-state index contributed by atoms with van der Waals surface area (Å²) in [5.74, 6) is 2.23. The number of carboxylic acids is 1. The first kappa shape index (κ1) is 66.5. The molecule has 85 heavy (non-hydrogen) atoms. The van der Waals surface area contributed by atoms with Gasteiger partial charge in [0.05, 0.1) is 55.6 Å². The fourth-order valence-electron chi connectivity index (χ4n) is 25.1. The van der Waals surface area contributed by atoms with Gasteiger partial charge < -0.3 is 49.2 Å². The maximum absolute atomic E-state index is 14.2. The standard InChI is InChI=1S/C36H58O6.C30H48O4.C6H11BrO2/c1-22(2)24-11-16-36(30(39)40-19-23-20-41-31(3,4)42-23)18-17-34(7)25(29(24)36)9-10-27-32(5)14-13-28(38)33(6,21-37)26(32)12-15-35(27,34)8;1-18(2)19-9-14-30(25(33)34)16-15-28(5)20(24(19)30)7-8-22-26(3)12-11-23(32)27(4,17-31)21(26)10-13-29(22,28)6;1-6(2)8-4-5(3-7)9-6/h23-29,37-38H,1,9-21H2,2-8H3;19-24,31-32H,1,7-17H2,2-6H3,(H,33,34);5H,3-4H2,1-2H3/t23?,24-,25?,26?,27?,28-,29?,32-,33-,34+,35+,36-;19-,20?,21?,22?,23-,24?,26-,27-,28+,29+,30-;/m00./s1. The zero-order valence-corrected chi connectivity index (χ0v) is 56.9. The summed E-state index contributed by atoms with van der Waals surface area (Å²) in [7, 11) is 0. The Morgan fingerprint density at radius 3 is 1.29 bits per heavy atom. The molecule has 0 aromatic carbocycles. The van der Waals surface area contributed by atoms with Gasteiger partial charge in [-0.05, 0) is 262 Å². The number of fused-ring (bicyclic) bond motifs is 14. The van der Waals surface area contributed by atoms with Crippen LogP contribution in [-0.4, -0.2) is 112 Å². The Morgan fingerprint density at radius 1 is 0.506 bits per heavy atom. The monoisotopic (exact) mass is 1250 g/mol. The number of aliphatic hydroxyl groups excluding tert-OH is 4. The summed E-state index contributed by atoms with van der Waals surface area (Å²) in [6.07, 6.45) is 19.2. The molecule has 5 N–H and O–H groups in total. The van der Waals surface area contributed by atoms with Gasteiger partial charge in [-0.3, -0.25) is 9.59 Å². The molecule has 10 saturated carbocycles. The van der Waals surface area contributed by atoms with Gasteiger partial charge in [0.2, 0.25) is 0 Å². The van der Waals surface area contributed by atoms with Crippen LogP contribution in [0.5, 0.6) is 0 Å². The number of carbonyl (C=O) groups is 2. The normalized spacial score (nSPS) is 52.3. The van der Waals surface area contributed by atoms with Crippen molar-refractivity contribution in [2.24, 2.45) is 113 Å². The van der Waals surface area contributed by atoms with Gasteiger partial charge >= 0.3 is 11.9 Å². The van der Waals surface area contributed by atoms with Crippen molar-refractivity contribution in [3.8, 4) is 0 Å². The average Bonchev–Trinajstić information content (AvgIpc) is 1.52. The maximum atomic E-state index is 14.2. The van der Waals surface area contributed by atoms with Crippen molar-refractivity contribution in [2.45, 2.75) is 261 Å². The second kappa shape index (κ2) is 22.7. The molecule has 2 heterocycles. The number of ether oxygens (including phenoxy) is 5. The minimum absolute atomic E-state index is 0.0190. The minimum Gasteiger partial charge on any atom is -0.481 e. The highest BCUT2D eigenvalue weighted by Gasteiger charge is 2.75. The molecule has 2 aliphatic heterocycles. The Labute approximate surface area is 521 Å². The molecule has 12 rings (SSSR count). The number of carboxylic acid groups (broad SMARTS) is 1. The summed E-state index contributed by atoms with van der Waals surface area (Å²) >= 11 is 3.32. The Morgan fingerprint density at radius 2 is 0.918 bits per heavy atom. The summed E-state index contributed by atoms with van der Waals surface area (Å²) in [6.45, 7) is 41.7. The van der Waals surface area contributed by atoms with Crippen LogP contribution >= 0.6 is 15.9 Å². The van der Waals surface area contributed by atoms with Crippen LogP contribution in [0.2, 0.25) is 0 Å². The molecule has 0 radical (unpaired) electrons. The molecule has 2 saturated heterocycles. The first-order chi connectivity index (χ1) is 39.5. The Bertz CT molecular complexity index is 2540. The van der Waals surface area contributed by atoms with Gasteiger partial charge in [-0.1, -0.05) is 95.6 Å². The molecule has 0 bridgehead atoms. The molecule has 24 atom stereocenters. The summed E-state index contributed by atoms with van der Waals surface area (Å²) in [4.78, 5) is 27.0. The first-order valence-corrected chi connectivity index (χ1v) is 35.1. The van der Waals surface area contributed by atoms with Crippen LogP contribution in [0.25, 0.3) is 0 Å². The predicted molar refractivity (Wildman–Crippen MR) is 335 cm³/mol. The topological polar surface area (TPSA) is 181 Å². The largest absolute Gasteiger partial charge is 0.481 e. The third kappa shape index (κ3) is 10.00. The molecule has 12 aliphatic rings. The lowest BCUT2D eigenvalue weighted by molar-refractivity contribution is -0.254. The van der Waals surface area contributed by atoms with Crippen molar-refractivity contribution < 1.29 is 58.8 Å². The lowest BCUT2D eigenvalue weighted by Gasteiger charge is -2.72. The highest BCUT2D eigenvalue weighted by atomic mass is 79.9. The molecular weight excluding hydrogens is 1140 g/mol. The number of allylic oxidation sites excluding steroid dienone is 2. The molecule has 484 valence electrons. The van der Waals surface area contributed by atoms with E-state index in [1.54, 1.807) is 0 Å². The fourth-order valence-corrected chi connectivity index (χ4v) is 25.4. The van der Waals surface area contributed by atoms with E-state index in [2.05, 4.69) is 98.3 Å². The number of alkyl halides is 1. The zero-order valence-electron chi connectivity index (χ0n) is 55.4. The van der Waals surface area contributed by atoms with E-state index in [1.165, 1.54) is 11.1 Å².